The number of phenols is 1. The highest BCUT2D eigenvalue weighted by molar-refractivity contribution is 5.52. The van der Waals surface area contributed by atoms with Gasteiger partial charge in [-0.25, -0.2) is 0 Å². The Bertz CT molecular complexity index is 418. The maximum Gasteiger partial charge on any atom is 0.131 e. The Morgan fingerprint density at radius 2 is 1.89 bits per heavy atom. The summed E-state index contributed by atoms with van der Waals surface area (Å²) in [6.45, 7) is 3.55. The van der Waals surface area contributed by atoms with E-state index >= 15 is 0 Å². The Hall–Kier alpha value is -1.46. The zero-order valence-corrected chi connectivity index (χ0v) is 11.2. The molecule has 0 fully saturated rings. The van der Waals surface area contributed by atoms with E-state index in [1.54, 1.807) is 6.07 Å². The van der Waals surface area contributed by atoms with Crippen LogP contribution in [0.1, 0.15) is 25.5 Å². The van der Waals surface area contributed by atoms with Crippen LogP contribution in [0, 0.1) is 5.41 Å². The second kappa shape index (κ2) is 5.46. The molecule has 1 atom stereocenters. The molecule has 1 rings (SSSR count). The molecule has 0 amide bonds. The molecule has 0 bridgehead atoms. The summed E-state index contributed by atoms with van der Waals surface area (Å²) < 4.78 is 10.3. The largest absolute Gasteiger partial charge is 0.507 e. The van der Waals surface area contributed by atoms with Crippen LogP contribution in [-0.2, 0) is 0 Å². The van der Waals surface area contributed by atoms with Gasteiger partial charge in [-0.2, -0.15) is 0 Å². The first-order valence-electron chi connectivity index (χ1n) is 5.68. The Labute approximate surface area is 107 Å². The average Bonchev–Trinajstić information content (AvgIpc) is 2.36. The second-order valence-corrected chi connectivity index (χ2v) is 4.89. The smallest absolute Gasteiger partial charge is 0.131 e. The fourth-order valence-corrected chi connectivity index (χ4v) is 1.68. The quantitative estimate of drug-likeness (QED) is 0.741. The highest BCUT2D eigenvalue weighted by Crippen LogP contribution is 2.42. The van der Waals surface area contributed by atoms with Crippen molar-refractivity contribution in [3.05, 3.63) is 17.7 Å². The molecular weight excluding hydrogens is 234 g/mol. The van der Waals surface area contributed by atoms with Gasteiger partial charge in [0.15, 0.2) is 0 Å². The number of methoxy groups -OCH3 is 2. The number of benzene rings is 1. The third kappa shape index (κ3) is 2.68. The van der Waals surface area contributed by atoms with E-state index in [4.69, 9.17) is 15.2 Å². The van der Waals surface area contributed by atoms with E-state index in [-0.39, 0.29) is 12.4 Å². The summed E-state index contributed by atoms with van der Waals surface area (Å²) in [6, 6.07) is 2.58. The van der Waals surface area contributed by atoms with Gasteiger partial charge in [-0.05, 0) is 0 Å². The molecule has 18 heavy (non-hydrogen) atoms. The summed E-state index contributed by atoms with van der Waals surface area (Å²) >= 11 is 0. The number of aliphatic hydroxyl groups is 1. The van der Waals surface area contributed by atoms with E-state index in [1.165, 1.54) is 20.3 Å². The van der Waals surface area contributed by atoms with Gasteiger partial charge in [-0.3, -0.25) is 0 Å². The van der Waals surface area contributed by atoms with Crippen LogP contribution in [0.5, 0.6) is 17.2 Å². The third-order valence-corrected chi connectivity index (χ3v) is 3.11. The summed E-state index contributed by atoms with van der Waals surface area (Å²) in [4.78, 5) is 0. The number of aromatic hydroxyl groups is 1. The minimum absolute atomic E-state index is 0.000208. The molecule has 0 saturated carbocycles. The topological polar surface area (TPSA) is 84.9 Å². The van der Waals surface area contributed by atoms with E-state index < -0.39 is 11.5 Å². The Kier molecular flexibility index (Phi) is 4.43. The molecule has 0 heterocycles. The van der Waals surface area contributed by atoms with Crippen LogP contribution in [-0.4, -0.2) is 31.0 Å². The summed E-state index contributed by atoms with van der Waals surface area (Å²) in [5, 5.41) is 19.4. The van der Waals surface area contributed by atoms with Crippen molar-refractivity contribution < 1.29 is 19.7 Å². The lowest BCUT2D eigenvalue weighted by Gasteiger charge is -2.31. The van der Waals surface area contributed by atoms with Crippen LogP contribution in [0.2, 0.25) is 0 Å². The van der Waals surface area contributed by atoms with Gasteiger partial charge in [0.1, 0.15) is 17.2 Å². The lowest BCUT2D eigenvalue weighted by Crippen LogP contribution is -2.32. The van der Waals surface area contributed by atoms with Crippen molar-refractivity contribution in [2.75, 3.05) is 20.8 Å². The molecule has 0 aliphatic heterocycles. The van der Waals surface area contributed by atoms with E-state index in [1.807, 2.05) is 13.8 Å². The van der Waals surface area contributed by atoms with Gasteiger partial charge in [0.2, 0.25) is 0 Å². The van der Waals surface area contributed by atoms with Crippen molar-refractivity contribution in [2.24, 2.45) is 11.1 Å². The second-order valence-electron chi connectivity index (χ2n) is 4.89. The van der Waals surface area contributed by atoms with Crippen molar-refractivity contribution in [1.29, 1.82) is 0 Å². The van der Waals surface area contributed by atoms with Crippen LogP contribution < -0.4 is 15.2 Å². The number of hydrogen-bond acceptors (Lipinski definition) is 5. The molecule has 0 unspecified atom stereocenters. The van der Waals surface area contributed by atoms with Crippen LogP contribution in [0.4, 0.5) is 0 Å². The number of hydrogen-bond donors (Lipinski definition) is 3. The number of ether oxygens (including phenoxy) is 2. The van der Waals surface area contributed by atoms with Crippen LogP contribution in [0.25, 0.3) is 0 Å². The molecule has 0 aromatic heterocycles. The van der Waals surface area contributed by atoms with Crippen LogP contribution in [0.3, 0.4) is 0 Å². The summed E-state index contributed by atoms with van der Waals surface area (Å²) in [7, 11) is 3.00. The first-order valence-corrected chi connectivity index (χ1v) is 5.68. The van der Waals surface area contributed by atoms with Gasteiger partial charge < -0.3 is 25.4 Å². The molecule has 1 aromatic rings. The standard InChI is InChI=1S/C13H21NO4/c1-13(2,7-15)12(14)11-9(16)5-8(17-3)6-10(11)18-4/h5-6,12,15-16H,7,14H2,1-4H3/t12-/m1/s1. The fourth-order valence-electron chi connectivity index (χ4n) is 1.68. The normalized spacial score (nSPS) is 13.2. The number of rotatable bonds is 5. The van der Waals surface area contributed by atoms with E-state index in [9.17, 15) is 10.2 Å². The van der Waals surface area contributed by atoms with Gasteiger partial charge >= 0.3 is 0 Å². The lowest BCUT2D eigenvalue weighted by atomic mass is 9.81. The Morgan fingerprint density at radius 3 is 2.33 bits per heavy atom. The Balaban J connectivity index is 3.31. The zero-order chi connectivity index (χ0) is 13.9. The minimum Gasteiger partial charge on any atom is -0.507 e. The van der Waals surface area contributed by atoms with Gasteiger partial charge in [-0.1, -0.05) is 13.8 Å². The lowest BCUT2D eigenvalue weighted by molar-refractivity contribution is 0.130. The van der Waals surface area contributed by atoms with Crippen LogP contribution in [0.15, 0.2) is 12.1 Å². The van der Waals surface area contributed by atoms with E-state index in [2.05, 4.69) is 0 Å². The van der Waals surface area contributed by atoms with Crippen molar-refractivity contribution in [2.45, 2.75) is 19.9 Å². The predicted molar refractivity (Wildman–Crippen MR) is 69.0 cm³/mol. The van der Waals surface area contributed by atoms with E-state index in [0.717, 1.165) is 0 Å². The van der Waals surface area contributed by atoms with Crippen molar-refractivity contribution in [3.63, 3.8) is 0 Å². The molecule has 4 N–H and O–H groups in total. The molecule has 0 saturated heterocycles. The van der Waals surface area contributed by atoms with Crippen molar-refractivity contribution >= 4 is 0 Å². The van der Waals surface area contributed by atoms with E-state index in [0.29, 0.717) is 17.1 Å². The molecule has 0 aliphatic rings. The fraction of sp³-hybridized carbons (Fsp3) is 0.538. The molecule has 5 nitrogen and oxygen atoms in total. The van der Waals surface area contributed by atoms with Crippen molar-refractivity contribution in [3.8, 4) is 17.2 Å². The zero-order valence-electron chi connectivity index (χ0n) is 11.2. The molecule has 0 aliphatic carbocycles. The average molecular weight is 255 g/mol. The SMILES string of the molecule is COc1cc(O)c([C@@H](N)C(C)(C)CO)c(OC)c1. The number of phenolic OH excluding ortho intramolecular Hbond substituents is 1. The first kappa shape index (κ1) is 14.6. The molecule has 0 spiro atoms. The molecular formula is C13H21NO4. The molecule has 102 valence electrons. The van der Waals surface area contributed by atoms with Gasteiger partial charge in [0, 0.05) is 30.2 Å². The monoisotopic (exact) mass is 255 g/mol. The van der Waals surface area contributed by atoms with Gasteiger partial charge in [0.25, 0.3) is 0 Å². The maximum atomic E-state index is 10.0. The third-order valence-electron chi connectivity index (χ3n) is 3.11. The maximum absolute atomic E-state index is 10.0. The Morgan fingerprint density at radius 1 is 1.28 bits per heavy atom. The van der Waals surface area contributed by atoms with Gasteiger partial charge in [0.05, 0.1) is 19.8 Å². The van der Waals surface area contributed by atoms with Crippen molar-refractivity contribution in [1.82, 2.24) is 0 Å². The summed E-state index contributed by atoms with van der Waals surface area (Å²) in [6.07, 6.45) is 0. The van der Waals surface area contributed by atoms with Gasteiger partial charge in [-0.15, -0.1) is 0 Å². The minimum atomic E-state index is -0.570. The summed E-state index contributed by atoms with van der Waals surface area (Å²) in [5.74, 6) is 0.934. The number of aliphatic hydroxyl groups excluding tert-OH is 1. The molecule has 1 aromatic carbocycles. The summed E-state index contributed by atoms with van der Waals surface area (Å²) in [5.41, 5.74) is 6.01. The highest BCUT2D eigenvalue weighted by Gasteiger charge is 2.31. The first-order chi connectivity index (χ1) is 8.37. The number of nitrogens with two attached hydrogens (primary N) is 1. The van der Waals surface area contributed by atoms with Crippen LogP contribution >= 0.6 is 0 Å². The molecule has 0 radical (unpaired) electrons. The molecule has 5 heteroatoms. The highest BCUT2D eigenvalue weighted by atomic mass is 16.5. The predicted octanol–water partition coefficient (Wildman–Crippen LogP) is 1.43.